The van der Waals surface area contributed by atoms with Crippen molar-refractivity contribution < 1.29 is 14.4 Å². The van der Waals surface area contributed by atoms with Gasteiger partial charge >= 0.3 is 0 Å². The van der Waals surface area contributed by atoms with Crippen LogP contribution in [-0.2, 0) is 0 Å². The van der Waals surface area contributed by atoms with Crippen LogP contribution in [0.2, 0.25) is 0 Å². The summed E-state index contributed by atoms with van der Waals surface area (Å²) in [5.41, 5.74) is 0.295. The number of aromatic nitrogens is 1. The van der Waals surface area contributed by atoms with E-state index in [4.69, 9.17) is 9.63 Å². The predicted octanol–water partition coefficient (Wildman–Crippen LogP) is 0.731. The fourth-order valence-electron chi connectivity index (χ4n) is 1.15. The molecule has 84 valence electrons. The smallest absolute Gasteiger partial charge is 0.273 e. The van der Waals surface area contributed by atoms with Gasteiger partial charge in [-0.3, -0.25) is 4.79 Å². The Hall–Kier alpha value is -1.36. The second-order valence-corrected chi connectivity index (χ2v) is 3.65. The number of hydrogen-bond acceptors (Lipinski definition) is 4. The fraction of sp³-hybridized carbons (Fsp3) is 0.600. The molecule has 1 rings (SSSR count). The third-order valence-electron chi connectivity index (χ3n) is 2.09. The van der Waals surface area contributed by atoms with Crippen LogP contribution in [0.15, 0.2) is 10.6 Å². The van der Waals surface area contributed by atoms with Gasteiger partial charge in [0.25, 0.3) is 5.91 Å². The van der Waals surface area contributed by atoms with Crippen molar-refractivity contribution in [2.45, 2.75) is 20.3 Å². The van der Waals surface area contributed by atoms with Gasteiger partial charge < -0.3 is 14.9 Å². The molecule has 0 aliphatic carbocycles. The summed E-state index contributed by atoms with van der Waals surface area (Å²) in [5, 5.41) is 15.0. The van der Waals surface area contributed by atoms with E-state index in [9.17, 15) is 4.79 Å². The second-order valence-electron chi connectivity index (χ2n) is 3.65. The molecule has 15 heavy (non-hydrogen) atoms. The van der Waals surface area contributed by atoms with Crippen molar-refractivity contribution in [3.63, 3.8) is 0 Å². The largest absolute Gasteiger partial charge is 0.396 e. The molecule has 1 heterocycles. The van der Waals surface area contributed by atoms with Crippen LogP contribution in [0.4, 0.5) is 0 Å². The normalized spacial score (nSPS) is 12.5. The van der Waals surface area contributed by atoms with E-state index in [0.717, 1.165) is 0 Å². The lowest BCUT2D eigenvalue weighted by molar-refractivity contribution is 0.0936. The maximum atomic E-state index is 11.5. The number of hydrogen-bond donors (Lipinski definition) is 2. The van der Waals surface area contributed by atoms with E-state index in [2.05, 4.69) is 10.5 Å². The van der Waals surface area contributed by atoms with Gasteiger partial charge in [0.2, 0.25) is 0 Å². The lowest BCUT2D eigenvalue weighted by Gasteiger charge is -2.09. The Morgan fingerprint density at radius 3 is 3.00 bits per heavy atom. The van der Waals surface area contributed by atoms with Crippen molar-refractivity contribution in [3.8, 4) is 0 Å². The molecule has 1 unspecified atom stereocenters. The zero-order valence-electron chi connectivity index (χ0n) is 8.99. The standard InChI is InChI=1S/C10H16N2O3/c1-7(3-4-13)6-11-10(14)9-5-8(2)15-12-9/h5,7,13H,3-4,6H2,1-2H3,(H,11,14). The average Bonchev–Trinajstić information content (AvgIpc) is 2.62. The Labute approximate surface area is 88.5 Å². The summed E-state index contributed by atoms with van der Waals surface area (Å²) < 4.78 is 4.79. The second kappa shape index (κ2) is 5.50. The minimum atomic E-state index is -0.239. The molecule has 0 bridgehead atoms. The van der Waals surface area contributed by atoms with E-state index in [-0.39, 0.29) is 18.4 Å². The van der Waals surface area contributed by atoms with Crippen molar-refractivity contribution in [3.05, 3.63) is 17.5 Å². The van der Waals surface area contributed by atoms with Crippen molar-refractivity contribution in [1.29, 1.82) is 0 Å². The average molecular weight is 212 g/mol. The van der Waals surface area contributed by atoms with Crippen LogP contribution in [0, 0.1) is 12.8 Å². The third kappa shape index (κ3) is 3.71. The van der Waals surface area contributed by atoms with Crippen LogP contribution in [0.5, 0.6) is 0 Å². The van der Waals surface area contributed by atoms with E-state index in [1.807, 2.05) is 6.92 Å². The number of aryl methyl sites for hydroxylation is 1. The molecule has 5 heteroatoms. The number of aliphatic hydroxyl groups excluding tert-OH is 1. The van der Waals surface area contributed by atoms with Crippen LogP contribution in [0.3, 0.4) is 0 Å². The molecule has 0 aliphatic heterocycles. The number of amides is 1. The molecule has 1 aromatic rings. The first-order chi connectivity index (χ1) is 7.13. The van der Waals surface area contributed by atoms with Gasteiger partial charge in [-0.1, -0.05) is 12.1 Å². The van der Waals surface area contributed by atoms with E-state index in [1.165, 1.54) is 0 Å². The lowest BCUT2D eigenvalue weighted by atomic mass is 10.1. The van der Waals surface area contributed by atoms with Gasteiger partial charge in [-0.2, -0.15) is 0 Å². The summed E-state index contributed by atoms with van der Waals surface area (Å²) in [6.07, 6.45) is 0.679. The van der Waals surface area contributed by atoms with Gasteiger partial charge in [0, 0.05) is 19.2 Å². The Morgan fingerprint density at radius 1 is 1.73 bits per heavy atom. The Morgan fingerprint density at radius 2 is 2.47 bits per heavy atom. The maximum Gasteiger partial charge on any atom is 0.273 e. The third-order valence-corrected chi connectivity index (χ3v) is 2.09. The minimum absolute atomic E-state index is 0.139. The molecule has 0 saturated heterocycles. The molecule has 1 atom stereocenters. The zero-order valence-corrected chi connectivity index (χ0v) is 8.99. The molecule has 1 amide bonds. The molecule has 0 aromatic carbocycles. The van der Waals surface area contributed by atoms with Gasteiger partial charge in [0.05, 0.1) is 0 Å². The molecule has 2 N–H and O–H groups in total. The van der Waals surface area contributed by atoms with Gasteiger partial charge in [0.1, 0.15) is 5.76 Å². The monoisotopic (exact) mass is 212 g/mol. The molecule has 0 spiro atoms. The van der Waals surface area contributed by atoms with Crippen molar-refractivity contribution in [1.82, 2.24) is 10.5 Å². The molecule has 0 aliphatic rings. The molecular weight excluding hydrogens is 196 g/mol. The highest BCUT2D eigenvalue weighted by molar-refractivity contribution is 5.92. The predicted molar refractivity (Wildman–Crippen MR) is 54.4 cm³/mol. The Balaban J connectivity index is 2.36. The van der Waals surface area contributed by atoms with E-state index < -0.39 is 0 Å². The SMILES string of the molecule is Cc1cc(C(=O)NCC(C)CCO)no1. The summed E-state index contributed by atoms with van der Waals surface area (Å²) in [7, 11) is 0. The maximum absolute atomic E-state index is 11.5. The van der Waals surface area contributed by atoms with E-state index >= 15 is 0 Å². The van der Waals surface area contributed by atoms with Crippen LogP contribution >= 0.6 is 0 Å². The molecule has 0 fully saturated rings. The first-order valence-corrected chi connectivity index (χ1v) is 4.96. The van der Waals surface area contributed by atoms with Gasteiger partial charge in [0.15, 0.2) is 5.69 Å². The van der Waals surface area contributed by atoms with Crippen molar-refractivity contribution in [2.24, 2.45) is 5.92 Å². The Bertz CT molecular complexity index is 322. The van der Waals surface area contributed by atoms with Crippen LogP contribution < -0.4 is 5.32 Å². The first-order valence-electron chi connectivity index (χ1n) is 4.96. The summed E-state index contributed by atoms with van der Waals surface area (Å²) >= 11 is 0. The molecule has 1 aromatic heterocycles. The molecule has 0 radical (unpaired) electrons. The number of rotatable bonds is 5. The zero-order chi connectivity index (χ0) is 11.3. The minimum Gasteiger partial charge on any atom is -0.396 e. The Kier molecular flexibility index (Phi) is 4.30. The molecular formula is C10H16N2O3. The van der Waals surface area contributed by atoms with Crippen molar-refractivity contribution in [2.75, 3.05) is 13.2 Å². The van der Waals surface area contributed by atoms with Crippen LogP contribution in [0.25, 0.3) is 0 Å². The van der Waals surface area contributed by atoms with Gasteiger partial charge in [-0.15, -0.1) is 0 Å². The summed E-state index contributed by atoms with van der Waals surface area (Å²) in [4.78, 5) is 11.5. The highest BCUT2D eigenvalue weighted by atomic mass is 16.5. The number of nitrogens with one attached hydrogen (secondary N) is 1. The highest BCUT2D eigenvalue weighted by Gasteiger charge is 2.11. The van der Waals surface area contributed by atoms with Gasteiger partial charge in [-0.05, 0) is 19.3 Å². The summed E-state index contributed by atoms with van der Waals surface area (Å²) in [5.74, 6) is 0.632. The first kappa shape index (κ1) is 11.7. The van der Waals surface area contributed by atoms with Crippen molar-refractivity contribution >= 4 is 5.91 Å². The topological polar surface area (TPSA) is 75.4 Å². The molecule has 0 saturated carbocycles. The van der Waals surface area contributed by atoms with E-state index in [0.29, 0.717) is 24.4 Å². The lowest BCUT2D eigenvalue weighted by Crippen LogP contribution is -2.28. The number of carbonyl (C=O) groups excluding carboxylic acids is 1. The number of aliphatic hydroxyl groups is 1. The van der Waals surface area contributed by atoms with Crippen LogP contribution in [0.1, 0.15) is 29.6 Å². The molecule has 5 nitrogen and oxygen atoms in total. The van der Waals surface area contributed by atoms with E-state index in [1.54, 1.807) is 13.0 Å². The van der Waals surface area contributed by atoms with Crippen LogP contribution in [-0.4, -0.2) is 29.3 Å². The summed E-state index contributed by atoms with van der Waals surface area (Å²) in [6.45, 7) is 4.37. The number of nitrogens with zero attached hydrogens (tertiary/aromatic N) is 1. The highest BCUT2D eigenvalue weighted by Crippen LogP contribution is 2.02. The quantitative estimate of drug-likeness (QED) is 0.754. The summed E-state index contributed by atoms with van der Waals surface area (Å²) in [6, 6.07) is 1.59. The van der Waals surface area contributed by atoms with Gasteiger partial charge in [-0.25, -0.2) is 0 Å². The fourth-order valence-corrected chi connectivity index (χ4v) is 1.15. The number of carbonyl (C=O) groups is 1.